The molecular formula is C12H14Br2N6. The summed E-state index contributed by atoms with van der Waals surface area (Å²) in [4.78, 5) is 14.7. The van der Waals surface area contributed by atoms with E-state index in [0.717, 1.165) is 14.6 Å². The molecule has 1 heterocycles. The Labute approximate surface area is 134 Å². The summed E-state index contributed by atoms with van der Waals surface area (Å²) in [7, 11) is 5.54. The molecule has 0 saturated carbocycles. The van der Waals surface area contributed by atoms with E-state index in [1.54, 1.807) is 7.05 Å². The van der Waals surface area contributed by atoms with Crippen molar-refractivity contribution in [2.75, 3.05) is 36.7 Å². The van der Waals surface area contributed by atoms with Crippen LogP contribution in [0.3, 0.4) is 0 Å². The standard InChI is InChI=1S/C12H14Br2N6/c1-15-10-17-11(19-12(18-10)20(2)3)16-9-5-4-7(13)6-8(9)14/h4-6H,1-3H3,(H2,15,16,17,18,19). The summed E-state index contributed by atoms with van der Waals surface area (Å²) in [5.41, 5.74) is 0.881. The number of hydrogen-bond donors (Lipinski definition) is 2. The SMILES string of the molecule is CNc1nc(Nc2ccc(Br)cc2Br)nc(N(C)C)n1. The first-order valence-corrected chi connectivity index (χ1v) is 7.41. The van der Waals surface area contributed by atoms with Gasteiger partial charge in [0.2, 0.25) is 17.8 Å². The Hall–Kier alpha value is -1.41. The van der Waals surface area contributed by atoms with Gasteiger partial charge >= 0.3 is 0 Å². The van der Waals surface area contributed by atoms with E-state index in [1.165, 1.54) is 0 Å². The summed E-state index contributed by atoms with van der Waals surface area (Å²) in [5, 5.41) is 6.10. The van der Waals surface area contributed by atoms with Crippen molar-refractivity contribution in [3.8, 4) is 0 Å². The molecule has 0 spiro atoms. The number of halogens is 2. The quantitative estimate of drug-likeness (QED) is 0.819. The average Bonchev–Trinajstić information content (AvgIpc) is 2.41. The van der Waals surface area contributed by atoms with Gasteiger partial charge in [0.15, 0.2) is 0 Å². The molecule has 6 nitrogen and oxygen atoms in total. The van der Waals surface area contributed by atoms with E-state index in [4.69, 9.17) is 0 Å². The Bertz CT molecular complexity index is 617. The van der Waals surface area contributed by atoms with Crippen LogP contribution in [-0.2, 0) is 0 Å². The van der Waals surface area contributed by atoms with Crippen molar-refractivity contribution in [2.24, 2.45) is 0 Å². The summed E-state index contributed by atoms with van der Waals surface area (Å²) >= 11 is 6.92. The average molecular weight is 402 g/mol. The molecule has 1 aromatic carbocycles. The lowest BCUT2D eigenvalue weighted by Crippen LogP contribution is -2.15. The third kappa shape index (κ3) is 3.57. The van der Waals surface area contributed by atoms with Crippen molar-refractivity contribution in [1.29, 1.82) is 0 Å². The maximum Gasteiger partial charge on any atom is 0.233 e. The van der Waals surface area contributed by atoms with Gasteiger partial charge in [-0.3, -0.25) is 0 Å². The molecule has 0 unspecified atom stereocenters. The van der Waals surface area contributed by atoms with E-state index in [-0.39, 0.29) is 0 Å². The molecule has 106 valence electrons. The molecule has 0 aliphatic rings. The smallest absolute Gasteiger partial charge is 0.233 e. The number of nitrogens with one attached hydrogen (secondary N) is 2. The second-order valence-corrected chi connectivity index (χ2v) is 5.95. The van der Waals surface area contributed by atoms with Gasteiger partial charge < -0.3 is 15.5 Å². The first-order chi connectivity index (χ1) is 9.49. The van der Waals surface area contributed by atoms with E-state index < -0.39 is 0 Å². The molecule has 1 aromatic heterocycles. The van der Waals surface area contributed by atoms with Crippen LogP contribution < -0.4 is 15.5 Å². The minimum Gasteiger partial charge on any atom is -0.357 e. The molecule has 0 saturated heterocycles. The van der Waals surface area contributed by atoms with Crippen molar-refractivity contribution in [3.05, 3.63) is 27.1 Å². The minimum atomic E-state index is 0.482. The van der Waals surface area contributed by atoms with E-state index in [0.29, 0.717) is 17.8 Å². The van der Waals surface area contributed by atoms with E-state index in [1.807, 2.05) is 37.2 Å². The summed E-state index contributed by atoms with van der Waals surface area (Å²) in [6.45, 7) is 0. The molecule has 2 aromatic rings. The van der Waals surface area contributed by atoms with Gasteiger partial charge in [-0.15, -0.1) is 0 Å². The van der Waals surface area contributed by atoms with Crippen LogP contribution in [0.1, 0.15) is 0 Å². The minimum absolute atomic E-state index is 0.482. The molecular weight excluding hydrogens is 388 g/mol. The normalized spacial score (nSPS) is 10.2. The molecule has 0 aliphatic heterocycles. The molecule has 0 amide bonds. The van der Waals surface area contributed by atoms with Gasteiger partial charge in [-0.05, 0) is 34.1 Å². The van der Waals surface area contributed by atoms with Crippen molar-refractivity contribution >= 4 is 55.4 Å². The first kappa shape index (κ1) is 15.0. The fourth-order valence-corrected chi connectivity index (χ4v) is 2.59. The van der Waals surface area contributed by atoms with Crippen LogP contribution >= 0.6 is 31.9 Å². The monoisotopic (exact) mass is 400 g/mol. The predicted molar refractivity (Wildman–Crippen MR) is 88.8 cm³/mol. The van der Waals surface area contributed by atoms with Crippen LogP contribution in [0.5, 0.6) is 0 Å². The van der Waals surface area contributed by atoms with Gasteiger partial charge in [-0.1, -0.05) is 15.9 Å². The fraction of sp³-hybridized carbons (Fsp3) is 0.250. The third-order valence-electron chi connectivity index (χ3n) is 2.42. The zero-order valence-corrected chi connectivity index (χ0v) is 14.4. The van der Waals surface area contributed by atoms with Gasteiger partial charge in [0, 0.05) is 30.1 Å². The Kier molecular flexibility index (Phi) is 4.77. The summed E-state index contributed by atoms with van der Waals surface area (Å²) < 4.78 is 1.92. The first-order valence-electron chi connectivity index (χ1n) is 5.83. The van der Waals surface area contributed by atoms with E-state index in [2.05, 4.69) is 57.4 Å². The Morgan fingerprint density at radius 1 is 1.05 bits per heavy atom. The van der Waals surface area contributed by atoms with Crippen LogP contribution in [0.2, 0.25) is 0 Å². The second kappa shape index (κ2) is 6.36. The molecule has 8 heteroatoms. The van der Waals surface area contributed by atoms with Gasteiger partial charge in [-0.25, -0.2) is 0 Å². The molecule has 20 heavy (non-hydrogen) atoms. The Balaban J connectivity index is 2.34. The largest absolute Gasteiger partial charge is 0.357 e. The van der Waals surface area contributed by atoms with Crippen LogP contribution in [0, 0.1) is 0 Å². The molecule has 2 N–H and O–H groups in total. The second-order valence-electron chi connectivity index (χ2n) is 4.18. The molecule has 0 bridgehead atoms. The topological polar surface area (TPSA) is 66.0 Å². The van der Waals surface area contributed by atoms with Crippen molar-refractivity contribution in [2.45, 2.75) is 0 Å². The van der Waals surface area contributed by atoms with E-state index >= 15 is 0 Å². The maximum atomic E-state index is 4.36. The highest BCUT2D eigenvalue weighted by Gasteiger charge is 2.09. The summed E-state index contributed by atoms with van der Waals surface area (Å²) in [5.74, 6) is 1.58. The number of benzene rings is 1. The predicted octanol–water partition coefficient (Wildman–Crippen LogP) is 3.25. The lowest BCUT2D eigenvalue weighted by molar-refractivity contribution is 0.963. The van der Waals surface area contributed by atoms with Crippen LogP contribution in [0.15, 0.2) is 27.1 Å². The molecule has 0 atom stereocenters. The fourth-order valence-electron chi connectivity index (χ4n) is 1.44. The summed E-state index contributed by atoms with van der Waals surface area (Å²) in [6, 6.07) is 5.84. The zero-order valence-electron chi connectivity index (χ0n) is 11.3. The van der Waals surface area contributed by atoms with Crippen molar-refractivity contribution in [1.82, 2.24) is 15.0 Å². The van der Waals surface area contributed by atoms with E-state index in [9.17, 15) is 0 Å². The molecule has 0 fully saturated rings. The Morgan fingerprint density at radius 3 is 2.35 bits per heavy atom. The van der Waals surface area contributed by atoms with Crippen molar-refractivity contribution in [3.63, 3.8) is 0 Å². The van der Waals surface area contributed by atoms with Gasteiger partial charge in [0.25, 0.3) is 0 Å². The van der Waals surface area contributed by atoms with Crippen molar-refractivity contribution < 1.29 is 0 Å². The number of nitrogens with zero attached hydrogens (tertiary/aromatic N) is 4. The maximum absolute atomic E-state index is 4.36. The number of rotatable bonds is 4. The highest BCUT2D eigenvalue weighted by Crippen LogP contribution is 2.28. The number of anilines is 4. The molecule has 0 radical (unpaired) electrons. The summed E-state index contributed by atoms with van der Waals surface area (Å²) in [6.07, 6.45) is 0. The highest BCUT2D eigenvalue weighted by atomic mass is 79.9. The Morgan fingerprint density at radius 2 is 1.75 bits per heavy atom. The molecule has 2 rings (SSSR count). The van der Waals surface area contributed by atoms with Crippen LogP contribution in [0.25, 0.3) is 0 Å². The molecule has 0 aliphatic carbocycles. The lowest BCUT2D eigenvalue weighted by Gasteiger charge is -2.13. The third-order valence-corrected chi connectivity index (χ3v) is 3.57. The number of hydrogen-bond acceptors (Lipinski definition) is 6. The lowest BCUT2D eigenvalue weighted by atomic mass is 10.3. The van der Waals surface area contributed by atoms with Crippen LogP contribution in [0.4, 0.5) is 23.5 Å². The highest BCUT2D eigenvalue weighted by molar-refractivity contribution is 9.11. The van der Waals surface area contributed by atoms with Gasteiger partial charge in [-0.2, -0.15) is 15.0 Å². The van der Waals surface area contributed by atoms with Gasteiger partial charge in [0.05, 0.1) is 5.69 Å². The zero-order chi connectivity index (χ0) is 14.7. The van der Waals surface area contributed by atoms with Crippen LogP contribution in [-0.4, -0.2) is 36.1 Å². The van der Waals surface area contributed by atoms with Gasteiger partial charge in [0.1, 0.15) is 0 Å². The number of aromatic nitrogens is 3.